The van der Waals surface area contributed by atoms with Gasteiger partial charge in [0.15, 0.2) is 9.84 Å². The number of nitrogens with one attached hydrogen (secondary N) is 2. The molecular formula is C18H30N2O3S. The zero-order valence-electron chi connectivity index (χ0n) is 15.7. The van der Waals surface area contributed by atoms with Crippen molar-refractivity contribution in [2.45, 2.75) is 52.5 Å². The molecule has 0 saturated carbocycles. The second-order valence-electron chi connectivity index (χ2n) is 7.07. The van der Waals surface area contributed by atoms with Gasteiger partial charge in [-0.1, -0.05) is 27.7 Å². The highest BCUT2D eigenvalue weighted by molar-refractivity contribution is 7.90. The third kappa shape index (κ3) is 5.23. The molecule has 0 aliphatic rings. The fourth-order valence-electron chi connectivity index (χ4n) is 2.90. The Hall–Kier alpha value is -1.56. The van der Waals surface area contributed by atoms with Crippen LogP contribution in [0, 0.1) is 25.7 Å². The van der Waals surface area contributed by atoms with Crippen LogP contribution in [0.3, 0.4) is 0 Å². The SMILES string of the molecule is Cc1c(NCC(=O)NC(C(C)C)C(C)C)ccc(S(C)(=O)=O)c1C. The Labute approximate surface area is 146 Å². The molecule has 0 atom stereocenters. The molecule has 0 radical (unpaired) electrons. The van der Waals surface area contributed by atoms with Gasteiger partial charge in [0.2, 0.25) is 5.91 Å². The van der Waals surface area contributed by atoms with Crippen molar-refractivity contribution in [3.05, 3.63) is 23.3 Å². The number of rotatable bonds is 7. The zero-order chi connectivity index (χ0) is 18.7. The number of amides is 1. The number of carbonyl (C=O) groups is 1. The van der Waals surface area contributed by atoms with Crippen LogP contribution < -0.4 is 10.6 Å². The molecule has 0 spiro atoms. The van der Waals surface area contributed by atoms with Gasteiger partial charge in [-0.25, -0.2) is 8.42 Å². The molecule has 1 aromatic rings. The number of hydrogen-bond acceptors (Lipinski definition) is 4. The molecule has 2 N–H and O–H groups in total. The predicted octanol–water partition coefficient (Wildman–Crippen LogP) is 2.92. The van der Waals surface area contributed by atoms with Crippen LogP contribution in [0.25, 0.3) is 0 Å². The number of anilines is 1. The van der Waals surface area contributed by atoms with Gasteiger partial charge in [-0.2, -0.15) is 0 Å². The van der Waals surface area contributed by atoms with Crippen molar-refractivity contribution in [3.63, 3.8) is 0 Å². The van der Waals surface area contributed by atoms with Crippen LogP contribution in [-0.4, -0.2) is 33.2 Å². The quantitative estimate of drug-likeness (QED) is 0.789. The smallest absolute Gasteiger partial charge is 0.239 e. The van der Waals surface area contributed by atoms with Crippen molar-refractivity contribution in [3.8, 4) is 0 Å². The summed E-state index contributed by atoms with van der Waals surface area (Å²) in [6.07, 6.45) is 1.20. The highest BCUT2D eigenvalue weighted by atomic mass is 32.2. The number of hydrogen-bond donors (Lipinski definition) is 2. The highest BCUT2D eigenvalue weighted by Crippen LogP contribution is 2.25. The van der Waals surface area contributed by atoms with E-state index >= 15 is 0 Å². The van der Waals surface area contributed by atoms with Gasteiger partial charge in [0.25, 0.3) is 0 Å². The van der Waals surface area contributed by atoms with E-state index in [0.29, 0.717) is 22.3 Å². The normalized spacial score (nSPS) is 12.1. The molecule has 1 aromatic carbocycles. The summed E-state index contributed by atoms with van der Waals surface area (Å²) in [6.45, 7) is 12.2. The Bertz CT molecular complexity index is 686. The first-order chi connectivity index (χ1) is 10.9. The molecule has 0 heterocycles. The van der Waals surface area contributed by atoms with Gasteiger partial charge in [-0.3, -0.25) is 4.79 Å². The average molecular weight is 355 g/mol. The Morgan fingerprint density at radius 3 is 2.04 bits per heavy atom. The van der Waals surface area contributed by atoms with Crippen molar-refractivity contribution in [1.29, 1.82) is 0 Å². The average Bonchev–Trinajstić information content (AvgIpc) is 2.44. The van der Waals surface area contributed by atoms with Gasteiger partial charge in [-0.15, -0.1) is 0 Å². The van der Waals surface area contributed by atoms with Crippen LogP contribution in [0.15, 0.2) is 17.0 Å². The van der Waals surface area contributed by atoms with Crippen LogP contribution in [0.2, 0.25) is 0 Å². The standard InChI is InChI=1S/C18H30N2O3S/c1-11(2)18(12(3)4)20-17(21)10-19-15-8-9-16(24(7,22)23)14(6)13(15)5/h8-9,11-12,18-19H,10H2,1-7H3,(H,20,21). The molecule has 0 unspecified atom stereocenters. The first-order valence-corrected chi connectivity index (χ1v) is 10.2. The molecule has 1 amide bonds. The molecule has 136 valence electrons. The maximum atomic E-state index is 12.2. The Morgan fingerprint density at radius 2 is 1.58 bits per heavy atom. The third-order valence-corrected chi connectivity index (χ3v) is 5.58. The molecule has 5 nitrogen and oxygen atoms in total. The summed E-state index contributed by atoms with van der Waals surface area (Å²) in [5.41, 5.74) is 2.33. The predicted molar refractivity (Wildman–Crippen MR) is 99.1 cm³/mol. The second kappa shape index (κ2) is 8.01. The van der Waals surface area contributed by atoms with Gasteiger partial charge >= 0.3 is 0 Å². The Kier molecular flexibility index (Phi) is 6.84. The summed E-state index contributed by atoms with van der Waals surface area (Å²) in [5.74, 6) is 0.672. The number of benzene rings is 1. The van der Waals surface area contributed by atoms with E-state index in [1.807, 2.05) is 6.92 Å². The van der Waals surface area contributed by atoms with E-state index in [9.17, 15) is 13.2 Å². The van der Waals surface area contributed by atoms with E-state index in [1.165, 1.54) is 6.26 Å². The van der Waals surface area contributed by atoms with Crippen LogP contribution >= 0.6 is 0 Å². The van der Waals surface area contributed by atoms with Crippen LogP contribution in [0.1, 0.15) is 38.8 Å². The molecule has 0 aliphatic heterocycles. The summed E-state index contributed by atoms with van der Waals surface area (Å²) in [4.78, 5) is 12.5. The maximum absolute atomic E-state index is 12.2. The van der Waals surface area contributed by atoms with Gasteiger partial charge in [0.05, 0.1) is 11.4 Å². The van der Waals surface area contributed by atoms with Gasteiger partial charge in [0, 0.05) is 18.0 Å². The molecule has 0 fully saturated rings. The fraction of sp³-hybridized carbons (Fsp3) is 0.611. The van der Waals surface area contributed by atoms with E-state index < -0.39 is 9.84 Å². The summed E-state index contributed by atoms with van der Waals surface area (Å²) in [5, 5.41) is 6.17. The molecule has 24 heavy (non-hydrogen) atoms. The molecule has 1 rings (SSSR count). The van der Waals surface area contributed by atoms with E-state index in [4.69, 9.17) is 0 Å². The van der Waals surface area contributed by atoms with Crippen molar-refractivity contribution >= 4 is 21.4 Å². The minimum absolute atomic E-state index is 0.0633. The lowest BCUT2D eigenvalue weighted by Gasteiger charge is -2.26. The zero-order valence-corrected chi connectivity index (χ0v) is 16.5. The first kappa shape index (κ1) is 20.5. The van der Waals surface area contributed by atoms with Crippen molar-refractivity contribution < 1.29 is 13.2 Å². The van der Waals surface area contributed by atoms with Crippen molar-refractivity contribution in [2.75, 3.05) is 18.1 Å². The summed E-state index contributed by atoms with van der Waals surface area (Å²) in [7, 11) is -3.25. The minimum atomic E-state index is -3.25. The third-order valence-electron chi connectivity index (χ3n) is 4.34. The number of sulfone groups is 1. The van der Waals surface area contributed by atoms with Crippen LogP contribution in [0.4, 0.5) is 5.69 Å². The van der Waals surface area contributed by atoms with Crippen LogP contribution in [-0.2, 0) is 14.6 Å². The Balaban J connectivity index is 2.82. The van der Waals surface area contributed by atoms with Crippen molar-refractivity contribution in [2.24, 2.45) is 11.8 Å². The largest absolute Gasteiger partial charge is 0.376 e. The molecule has 6 heteroatoms. The molecular weight excluding hydrogens is 324 g/mol. The molecule has 0 aromatic heterocycles. The lowest BCUT2D eigenvalue weighted by molar-refractivity contribution is -0.120. The summed E-state index contributed by atoms with van der Waals surface area (Å²) >= 11 is 0. The lowest BCUT2D eigenvalue weighted by atomic mass is 9.93. The fourth-order valence-corrected chi connectivity index (χ4v) is 3.93. The minimum Gasteiger partial charge on any atom is -0.376 e. The van der Waals surface area contributed by atoms with Gasteiger partial charge in [0.1, 0.15) is 0 Å². The van der Waals surface area contributed by atoms with Gasteiger partial charge < -0.3 is 10.6 Å². The number of carbonyl (C=O) groups excluding carboxylic acids is 1. The van der Waals surface area contributed by atoms with E-state index in [1.54, 1.807) is 19.1 Å². The van der Waals surface area contributed by atoms with Gasteiger partial charge in [-0.05, 0) is 48.9 Å². The molecule has 0 aliphatic carbocycles. The lowest BCUT2D eigenvalue weighted by Crippen LogP contribution is -2.44. The molecule has 0 saturated heterocycles. The van der Waals surface area contributed by atoms with E-state index in [2.05, 4.69) is 38.3 Å². The second-order valence-corrected chi connectivity index (χ2v) is 9.05. The maximum Gasteiger partial charge on any atom is 0.239 e. The summed E-state index contributed by atoms with van der Waals surface area (Å²) in [6, 6.07) is 3.44. The topological polar surface area (TPSA) is 75.3 Å². The Morgan fingerprint density at radius 1 is 1.04 bits per heavy atom. The summed E-state index contributed by atoms with van der Waals surface area (Å²) < 4.78 is 23.5. The van der Waals surface area contributed by atoms with E-state index in [0.717, 1.165) is 11.3 Å². The van der Waals surface area contributed by atoms with Crippen molar-refractivity contribution in [1.82, 2.24) is 5.32 Å². The molecule has 0 bridgehead atoms. The highest BCUT2D eigenvalue weighted by Gasteiger charge is 2.20. The first-order valence-electron chi connectivity index (χ1n) is 8.28. The van der Waals surface area contributed by atoms with E-state index in [-0.39, 0.29) is 18.5 Å². The monoisotopic (exact) mass is 354 g/mol. The van der Waals surface area contributed by atoms with Crippen LogP contribution in [0.5, 0.6) is 0 Å².